The van der Waals surface area contributed by atoms with E-state index >= 15 is 0 Å². The Labute approximate surface area is 255 Å². The molecule has 2 aliphatic rings. The summed E-state index contributed by atoms with van der Waals surface area (Å²) in [4.78, 5) is 40.3. The van der Waals surface area contributed by atoms with Gasteiger partial charge in [0.15, 0.2) is 0 Å². The first-order valence-electron chi connectivity index (χ1n) is 14.4. The van der Waals surface area contributed by atoms with Crippen LogP contribution in [0.2, 0.25) is 0 Å². The first-order chi connectivity index (χ1) is 21.2. The smallest absolute Gasteiger partial charge is 0.338 e. The van der Waals surface area contributed by atoms with E-state index in [9.17, 15) is 24.8 Å². The van der Waals surface area contributed by atoms with E-state index in [0.717, 1.165) is 11.1 Å². The van der Waals surface area contributed by atoms with E-state index in [1.54, 1.807) is 13.0 Å². The maximum Gasteiger partial charge on any atom is 0.338 e. The van der Waals surface area contributed by atoms with Crippen molar-refractivity contribution in [1.82, 2.24) is 10.2 Å². The van der Waals surface area contributed by atoms with Crippen LogP contribution in [0.1, 0.15) is 42.0 Å². The number of likely N-dealkylation sites (tertiary alicyclic amines) is 1. The SMILES string of the molecule is COCCC1(C(=O)O)C(C)NC(N)=C(C(=O)OC2CN(C(c3ccccc3)c3ccccc3)C2)C1c1cccc([N+](=O)[O-])c1. The second-order valence-corrected chi connectivity index (χ2v) is 11.3. The van der Waals surface area contributed by atoms with Crippen molar-refractivity contribution in [2.24, 2.45) is 11.1 Å². The summed E-state index contributed by atoms with van der Waals surface area (Å²) in [6, 6.07) is 25.0. The molecule has 0 bridgehead atoms. The molecule has 2 aliphatic heterocycles. The number of hydrogen-bond acceptors (Lipinski definition) is 9. The van der Waals surface area contributed by atoms with Gasteiger partial charge in [-0.15, -0.1) is 0 Å². The van der Waals surface area contributed by atoms with Crippen LogP contribution in [0.3, 0.4) is 0 Å². The topological polar surface area (TPSA) is 157 Å². The molecule has 3 atom stereocenters. The minimum atomic E-state index is -1.63. The van der Waals surface area contributed by atoms with Gasteiger partial charge in [0.25, 0.3) is 5.69 Å². The third kappa shape index (κ3) is 5.76. The van der Waals surface area contributed by atoms with E-state index in [1.807, 2.05) is 36.4 Å². The Hall–Kier alpha value is -4.74. The van der Waals surface area contributed by atoms with Crippen LogP contribution in [0.25, 0.3) is 0 Å². The molecule has 0 spiro atoms. The van der Waals surface area contributed by atoms with Crippen molar-refractivity contribution in [3.05, 3.63) is 123 Å². The summed E-state index contributed by atoms with van der Waals surface area (Å²) in [6.45, 7) is 2.64. The van der Waals surface area contributed by atoms with Crippen molar-refractivity contribution in [2.75, 3.05) is 26.8 Å². The van der Waals surface area contributed by atoms with Crippen molar-refractivity contribution in [1.29, 1.82) is 0 Å². The molecule has 5 rings (SSSR count). The second-order valence-electron chi connectivity index (χ2n) is 11.3. The van der Waals surface area contributed by atoms with Crippen LogP contribution in [0.15, 0.2) is 96.3 Å². The van der Waals surface area contributed by atoms with Gasteiger partial charge < -0.3 is 25.6 Å². The zero-order valence-corrected chi connectivity index (χ0v) is 24.6. The van der Waals surface area contributed by atoms with Crippen LogP contribution in [0.4, 0.5) is 5.69 Å². The highest BCUT2D eigenvalue weighted by Gasteiger charge is 2.57. The Morgan fingerprint density at radius 1 is 1.07 bits per heavy atom. The standard InChI is InChI=1S/C33H36N4O7/c1-21-33(32(39)40,16-17-43-2)28(24-14-9-15-25(18-24)37(41)42)27(30(34)35-21)31(38)44-26-19-36(20-26)29(22-10-5-3-6-11-22)23-12-7-4-8-13-23/h3-15,18,21,26,28-29,35H,16-17,19-20,34H2,1-2H3,(H,39,40). The third-order valence-electron chi connectivity index (χ3n) is 8.74. The van der Waals surface area contributed by atoms with Crippen molar-refractivity contribution < 1.29 is 29.1 Å². The molecule has 1 fully saturated rings. The van der Waals surface area contributed by atoms with E-state index in [-0.39, 0.29) is 41.7 Å². The fraction of sp³-hybridized carbons (Fsp3) is 0.333. The first-order valence-corrected chi connectivity index (χ1v) is 14.4. The minimum absolute atomic E-state index is 0.0114. The average Bonchev–Trinajstić information content (AvgIpc) is 3.00. The Kier molecular flexibility index (Phi) is 8.98. The molecule has 1 saturated heterocycles. The molecule has 230 valence electrons. The number of carboxylic acids is 1. The lowest BCUT2D eigenvalue weighted by Crippen LogP contribution is -2.59. The van der Waals surface area contributed by atoms with Gasteiger partial charge >= 0.3 is 11.9 Å². The summed E-state index contributed by atoms with van der Waals surface area (Å²) in [5.74, 6) is -3.11. The van der Waals surface area contributed by atoms with Gasteiger partial charge in [0.05, 0.1) is 16.5 Å². The number of nitrogens with one attached hydrogen (secondary N) is 1. The number of rotatable bonds is 11. The van der Waals surface area contributed by atoms with E-state index in [1.165, 1.54) is 25.3 Å². The Morgan fingerprint density at radius 2 is 1.68 bits per heavy atom. The van der Waals surface area contributed by atoms with E-state index < -0.39 is 40.3 Å². The number of carboxylic acid groups (broad SMARTS) is 1. The summed E-state index contributed by atoms with van der Waals surface area (Å²) < 4.78 is 11.2. The molecule has 4 N–H and O–H groups in total. The predicted molar refractivity (Wildman–Crippen MR) is 162 cm³/mol. The van der Waals surface area contributed by atoms with Crippen LogP contribution in [-0.4, -0.2) is 65.8 Å². The second kappa shape index (κ2) is 12.9. The number of nitro groups is 1. The number of ether oxygens (including phenoxy) is 2. The van der Waals surface area contributed by atoms with Crippen LogP contribution < -0.4 is 11.1 Å². The van der Waals surface area contributed by atoms with Gasteiger partial charge in [-0.1, -0.05) is 72.8 Å². The highest BCUT2D eigenvalue weighted by molar-refractivity contribution is 5.94. The lowest BCUT2D eigenvalue weighted by atomic mass is 9.61. The number of aliphatic carboxylic acids is 1. The molecular weight excluding hydrogens is 564 g/mol. The van der Waals surface area contributed by atoms with Crippen molar-refractivity contribution in [3.63, 3.8) is 0 Å². The van der Waals surface area contributed by atoms with Crippen LogP contribution >= 0.6 is 0 Å². The predicted octanol–water partition coefficient (Wildman–Crippen LogP) is 3.96. The largest absolute Gasteiger partial charge is 0.481 e. The van der Waals surface area contributed by atoms with Crippen molar-refractivity contribution in [3.8, 4) is 0 Å². The van der Waals surface area contributed by atoms with E-state index in [0.29, 0.717) is 13.1 Å². The maximum atomic E-state index is 13.9. The normalized spacial score (nSPS) is 22.2. The monoisotopic (exact) mass is 600 g/mol. The quantitative estimate of drug-likeness (QED) is 0.167. The number of non-ortho nitro benzene ring substituents is 1. The molecule has 11 nitrogen and oxygen atoms in total. The van der Waals surface area contributed by atoms with Gasteiger partial charge in [0, 0.05) is 50.9 Å². The highest BCUT2D eigenvalue weighted by Crippen LogP contribution is 2.50. The molecule has 0 amide bonds. The fourth-order valence-electron chi connectivity index (χ4n) is 6.51. The Balaban J connectivity index is 1.45. The molecule has 0 saturated carbocycles. The molecule has 3 aromatic rings. The van der Waals surface area contributed by atoms with Gasteiger partial charge in [-0.3, -0.25) is 19.8 Å². The number of carbonyl (C=O) groups is 2. The van der Waals surface area contributed by atoms with Gasteiger partial charge in [0.2, 0.25) is 0 Å². The summed E-state index contributed by atoms with van der Waals surface area (Å²) in [5.41, 5.74) is 6.98. The minimum Gasteiger partial charge on any atom is -0.481 e. The third-order valence-corrected chi connectivity index (χ3v) is 8.74. The summed E-state index contributed by atoms with van der Waals surface area (Å²) in [7, 11) is 1.46. The van der Waals surface area contributed by atoms with Gasteiger partial charge in [-0.25, -0.2) is 4.79 Å². The lowest BCUT2D eigenvalue weighted by molar-refractivity contribution is -0.384. The molecule has 0 aromatic heterocycles. The lowest BCUT2D eigenvalue weighted by Gasteiger charge is -2.47. The first kappa shape index (κ1) is 30.7. The zero-order valence-electron chi connectivity index (χ0n) is 24.6. The maximum absolute atomic E-state index is 13.9. The van der Waals surface area contributed by atoms with Gasteiger partial charge in [-0.05, 0) is 30.0 Å². The highest BCUT2D eigenvalue weighted by atomic mass is 16.6. The molecule has 44 heavy (non-hydrogen) atoms. The van der Waals surface area contributed by atoms with Crippen LogP contribution in [0, 0.1) is 15.5 Å². The number of benzene rings is 3. The van der Waals surface area contributed by atoms with Gasteiger partial charge in [0.1, 0.15) is 17.3 Å². The van der Waals surface area contributed by atoms with Crippen molar-refractivity contribution in [2.45, 2.75) is 37.5 Å². The molecule has 3 unspecified atom stereocenters. The van der Waals surface area contributed by atoms with E-state index in [2.05, 4.69) is 34.5 Å². The molecule has 0 aliphatic carbocycles. The number of nitrogens with zero attached hydrogens (tertiary/aromatic N) is 2. The van der Waals surface area contributed by atoms with Crippen LogP contribution in [-0.2, 0) is 19.1 Å². The number of nitrogens with two attached hydrogens (primary N) is 1. The van der Waals surface area contributed by atoms with E-state index in [4.69, 9.17) is 15.2 Å². The molecule has 3 aromatic carbocycles. The zero-order chi connectivity index (χ0) is 31.4. The number of nitro benzene ring substituents is 1. The Morgan fingerprint density at radius 3 is 2.23 bits per heavy atom. The molecule has 2 heterocycles. The molecule has 0 radical (unpaired) electrons. The van der Waals surface area contributed by atoms with Gasteiger partial charge in [-0.2, -0.15) is 0 Å². The Bertz CT molecular complexity index is 1500. The summed E-state index contributed by atoms with van der Waals surface area (Å²) >= 11 is 0. The number of methoxy groups -OCH3 is 1. The van der Waals surface area contributed by atoms with Crippen LogP contribution in [0.5, 0.6) is 0 Å². The molecular formula is C33H36N4O7. The number of carbonyl (C=O) groups excluding carboxylic acids is 1. The number of hydrogen-bond donors (Lipinski definition) is 3. The summed E-state index contributed by atoms with van der Waals surface area (Å²) in [6.07, 6.45) is -0.460. The average molecular weight is 601 g/mol. The van der Waals surface area contributed by atoms with Crippen molar-refractivity contribution >= 4 is 17.6 Å². The number of esters is 1. The molecule has 11 heteroatoms. The summed E-state index contributed by atoms with van der Waals surface area (Å²) in [5, 5.41) is 25.3. The fourth-order valence-corrected chi connectivity index (χ4v) is 6.51.